The van der Waals surface area contributed by atoms with Crippen molar-refractivity contribution in [1.82, 2.24) is 9.97 Å². The predicted octanol–water partition coefficient (Wildman–Crippen LogP) is 5.70. The smallest absolute Gasteiger partial charge is 0.353 e. The topological polar surface area (TPSA) is 93.0 Å². The summed E-state index contributed by atoms with van der Waals surface area (Å²) in [6, 6.07) is 11.9. The molecule has 0 saturated heterocycles. The van der Waals surface area contributed by atoms with Gasteiger partial charge >= 0.3 is 5.69 Å². The van der Waals surface area contributed by atoms with E-state index in [1.807, 2.05) is 12.1 Å². The maximum Gasteiger partial charge on any atom is 0.353 e. The third kappa shape index (κ3) is 4.77. The first kappa shape index (κ1) is 19.2. The van der Waals surface area contributed by atoms with E-state index in [1.54, 1.807) is 30.3 Å². The van der Waals surface area contributed by atoms with E-state index in [9.17, 15) is 10.1 Å². The van der Waals surface area contributed by atoms with Gasteiger partial charge in [0.05, 0.1) is 4.92 Å². The largest absolute Gasteiger partial charge is 0.360 e. The van der Waals surface area contributed by atoms with Crippen molar-refractivity contribution in [3.05, 3.63) is 79.5 Å². The van der Waals surface area contributed by atoms with Crippen LogP contribution in [0.15, 0.2) is 48.8 Å². The Morgan fingerprint density at radius 1 is 1.00 bits per heavy atom. The van der Waals surface area contributed by atoms with E-state index in [2.05, 4.69) is 20.6 Å². The highest BCUT2D eigenvalue weighted by molar-refractivity contribution is 6.35. The van der Waals surface area contributed by atoms with E-state index in [0.29, 0.717) is 20.8 Å². The molecule has 0 fully saturated rings. The minimum absolute atomic E-state index is 0.00925. The van der Waals surface area contributed by atoms with Gasteiger partial charge in [-0.2, -0.15) is 0 Å². The lowest BCUT2D eigenvalue weighted by Gasteiger charge is -2.11. The lowest BCUT2D eigenvalue weighted by molar-refractivity contribution is -0.383. The molecule has 1 heterocycles. The molecule has 2 N–H and O–H groups in total. The van der Waals surface area contributed by atoms with Crippen LogP contribution in [0.25, 0.3) is 0 Å². The van der Waals surface area contributed by atoms with Crippen molar-refractivity contribution in [3.8, 4) is 0 Å². The molecule has 0 spiro atoms. The number of aromatic nitrogens is 2. The molecule has 0 amide bonds. The zero-order chi connectivity index (χ0) is 19.4. The zero-order valence-corrected chi connectivity index (χ0v) is 15.9. The second-order valence-electron chi connectivity index (χ2n) is 5.40. The van der Waals surface area contributed by atoms with Gasteiger partial charge in [0.1, 0.15) is 6.33 Å². The summed E-state index contributed by atoms with van der Waals surface area (Å²) < 4.78 is 0. The Bertz CT molecular complexity index is 980. The van der Waals surface area contributed by atoms with Crippen LogP contribution in [0.3, 0.4) is 0 Å². The number of rotatable bonds is 6. The third-order valence-electron chi connectivity index (χ3n) is 3.53. The number of hydrogen-bond acceptors (Lipinski definition) is 6. The van der Waals surface area contributed by atoms with Gasteiger partial charge in [-0.05, 0) is 29.8 Å². The fourth-order valence-corrected chi connectivity index (χ4v) is 3.08. The average molecular weight is 425 g/mol. The first-order chi connectivity index (χ1) is 12.9. The molecular formula is C17H12Cl3N5O2. The number of nitrogens with one attached hydrogen (secondary N) is 2. The van der Waals surface area contributed by atoms with E-state index in [-0.39, 0.29) is 23.9 Å². The Morgan fingerprint density at radius 3 is 2.33 bits per heavy atom. The molecule has 0 aliphatic rings. The summed E-state index contributed by atoms with van der Waals surface area (Å²) in [4.78, 5) is 19.0. The second kappa shape index (κ2) is 8.39. The Morgan fingerprint density at radius 2 is 1.67 bits per heavy atom. The Balaban J connectivity index is 1.90. The SMILES string of the molecule is O=[N+]([O-])c1c(NCc2ccccc2Cl)ncnc1Nc1cc(Cl)cc(Cl)c1. The molecule has 1 aromatic heterocycles. The van der Waals surface area contributed by atoms with E-state index in [0.717, 1.165) is 5.56 Å². The van der Waals surface area contributed by atoms with E-state index in [1.165, 1.54) is 6.33 Å². The van der Waals surface area contributed by atoms with Crippen LogP contribution in [-0.2, 0) is 6.54 Å². The normalized spacial score (nSPS) is 10.5. The summed E-state index contributed by atoms with van der Waals surface area (Å²) in [5.74, 6) is 0.0699. The predicted molar refractivity (Wildman–Crippen MR) is 107 cm³/mol. The van der Waals surface area contributed by atoms with Gasteiger partial charge in [-0.25, -0.2) is 9.97 Å². The summed E-state index contributed by atoms with van der Waals surface area (Å²) in [7, 11) is 0. The molecule has 138 valence electrons. The summed E-state index contributed by atoms with van der Waals surface area (Å²) in [5.41, 5.74) is 0.940. The molecule has 3 aromatic rings. The van der Waals surface area contributed by atoms with E-state index < -0.39 is 4.92 Å². The van der Waals surface area contributed by atoms with Crippen molar-refractivity contribution in [1.29, 1.82) is 0 Å². The zero-order valence-electron chi connectivity index (χ0n) is 13.6. The minimum Gasteiger partial charge on any atom is -0.360 e. The maximum atomic E-state index is 11.6. The van der Waals surface area contributed by atoms with Crippen molar-refractivity contribution in [2.45, 2.75) is 6.54 Å². The van der Waals surface area contributed by atoms with Crippen LogP contribution in [0.1, 0.15) is 5.56 Å². The number of anilines is 3. The average Bonchev–Trinajstić information content (AvgIpc) is 2.60. The van der Waals surface area contributed by atoms with Crippen molar-refractivity contribution in [3.63, 3.8) is 0 Å². The molecular weight excluding hydrogens is 413 g/mol. The minimum atomic E-state index is -0.566. The summed E-state index contributed by atoms with van der Waals surface area (Å²) in [6.07, 6.45) is 1.22. The molecule has 27 heavy (non-hydrogen) atoms. The molecule has 10 heteroatoms. The van der Waals surface area contributed by atoms with Gasteiger partial charge in [-0.15, -0.1) is 0 Å². The standard InChI is InChI=1S/C17H12Cl3N5O2/c18-11-5-12(19)7-13(6-11)24-17-15(25(26)27)16(22-9-23-17)21-8-10-3-1-2-4-14(10)20/h1-7,9H,8H2,(H2,21,22,23,24). The highest BCUT2D eigenvalue weighted by Gasteiger charge is 2.23. The Kier molecular flexibility index (Phi) is 5.95. The van der Waals surface area contributed by atoms with Gasteiger partial charge in [-0.1, -0.05) is 53.0 Å². The van der Waals surface area contributed by atoms with Crippen LogP contribution in [0, 0.1) is 10.1 Å². The molecule has 3 rings (SSSR count). The van der Waals surface area contributed by atoms with Crippen LogP contribution >= 0.6 is 34.8 Å². The highest BCUT2D eigenvalue weighted by atomic mass is 35.5. The summed E-state index contributed by atoms with van der Waals surface area (Å²) >= 11 is 18.0. The van der Waals surface area contributed by atoms with Crippen LogP contribution in [-0.4, -0.2) is 14.9 Å². The fourth-order valence-electron chi connectivity index (χ4n) is 2.36. The second-order valence-corrected chi connectivity index (χ2v) is 6.68. The molecule has 2 aromatic carbocycles. The number of benzene rings is 2. The van der Waals surface area contributed by atoms with Crippen LogP contribution in [0.4, 0.5) is 23.0 Å². The fraction of sp³-hybridized carbons (Fsp3) is 0.0588. The molecule has 7 nitrogen and oxygen atoms in total. The molecule has 0 unspecified atom stereocenters. The van der Waals surface area contributed by atoms with Gasteiger partial charge in [0.2, 0.25) is 11.6 Å². The highest BCUT2D eigenvalue weighted by Crippen LogP contribution is 2.33. The summed E-state index contributed by atoms with van der Waals surface area (Å²) in [6.45, 7) is 0.264. The Labute approximate surface area is 169 Å². The van der Waals surface area contributed by atoms with Crippen molar-refractivity contribution >= 4 is 57.8 Å². The number of nitro groups is 1. The first-order valence-electron chi connectivity index (χ1n) is 7.64. The monoisotopic (exact) mass is 423 g/mol. The molecule has 0 saturated carbocycles. The molecule has 0 aliphatic heterocycles. The number of hydrogen-bond donors (Lipinski definition) is 2. The van der Waals surface area contributed by atoms with E-state index in [4.69, 9.17) is 34.8 Å². The van der Waals surface area contributed by atoms with Crippen LogP contribution in [0.2, 0.25) is 15.1 Å². The molecule has 0 atom stereocenters. The van der Waals surface area contributed by atoms with Crippen LogP contribution in [0.5, 0.6) is 0 Å². The lowest BCUT2D eigenvalue weighted by atomic mass is 10.2. The number of nitrogens with zero attached hydrogens (tertiary/aromatic N) is 3. The van der Waals surface area contributed by atoms with Crippen molar-refractivity contribution in [2.75, 3.05) is 10.6 Å². The van der Waals surface area contributed by atoms with Gasteiger partial charge in [-0.3, -0.25) is 10.1 Å². The lowest BCUT2D eigenvalue weighted by Crippen LogP contribution is -2.08. The first-order valence-corrected chi connectivity index (χ1v) is 8.77. The molecule has 0 radical (unpaired) electrons. The van der Waals surface area contributed by atoms with Gasteiger partial charge in [0.25, 0.3) is 0 Å². The van der Waals surface area contributed by atoms with Gasteiger partial charge in [0.15, 0.2) is 0 Å². The third-order valence-corrected chi connectivity index (χ3v) is 4.34. The van der Waals surface area contributed by atoms with Gasteiger partial charge in [0, 0.05) is 27.3 Å². The molecule has 0 aliphatic carbocycles. The maximum absolute atomic E-state index is 11.6. The number of halogens is 3. The Hall–Kier alpha value is -2.61. The quantitative estimate of drug-likeness (QED) is 0.389. The molecule has 0 bridgehead atoms. The van der Waals surface area contributed by atoms with E-state index >= 15 is 0 Å². The summed E-state index contributed by atoms with van der Waals surface area (Å²) in [5, 5.41) is 18.7. The van der Waals surface area contributed by atoms with Crippen molar-refractivity contribution in [2.24, 2.45) is 0 Å². The van der Waals surface area contributed by atoms with Crippen LogP contribution < -0.4 is 10.6 Å². The van der Waals surface area contributed by atoms with Gasteiger partial charge < -0.3 is 10.6 Å². The van der Waals surface area contributed by atoms with Crippen molar-refractivity contribution < 1.29 is 4.92 Å².